The highest BCUT2D eigenvalue weighted by Gasteiger charge is 2.43. The fraction of sp³-hybridized carbons (Fsp3) is 0.571. The van der Waals surface area contributed by atoms with Gasteiger partial charge in [-0.1, -0.05) is 0 Å². The number of hydrogen-bond acceptors (Lipinski definition) is 3. The highest BCUT2D eigenvalue weighted by molar-refractivity contribution is 5.43. The van der Waals surface area contributed by atoms with Gasteiger partial charge in [-0.05, 0) is 31.4 Å². The van der Waals surface area contributed by atoms with Gasteiger partial charge in [0.15, 0.2) is 0 Å². The molecule has 1 aliphatic heterocycles. The van der Waals surface area contributed by atoms with Gasteiger partial charge < -0.3 is 15.2 Å². The van der Waals surface area contributed by atoms with Gasteiger partial charge in [0.05, 0.1) is 17.9 Å². The fourth-order valence-electron chi connectivity index (χ4n) is 2.78. The van der Waals surface area contributed by atoms with Crippen LogP contribution in [0.1, 0.15) is 32.1 Å². The maximum absolute atomic E-state index is 13.3. The Morgan fingerprint density at radius 3 is 2.89 bits per heavy atom. The lowest BCUT2D eigenvalue weighted by Crippen LogP contribution is -2.48. The van der Waals surface area contributed by atoms with E-state index in [1.165, 1.54) is 12.5 Å². The summed E-state index contributed by atoms with van der Waals surface area (Å²) >= 11 is 0. The minimum atomic E-state index is -0.419. The summed E-state index contributed by atoms with van der Waals surface area (Å²) in [6, 6.07) is 4.63. The van der Waals surface area contributed by atoms with Crippen LogP contribution in [0.25, 0.3) is 0 Å². The first-order valence-corrected chi connectivity index (χ1v) is 6.53. The van der Waals surface area contributed by atoms with E-state index < -0.39 is 5.82 Å². The Kier molecular flexibility index (Phi) is 2.90. The lowest BCUT2D eigenvalue weighted by Gasteiger charge is -2.46. The molecule has 2 fully saturated rings. The van der Waals surface area contributed by atoms with Crippen molar-refractivity contribution < 1.29 is 13.9 Å². The number of benzene rings is 1. The van der Waals surface area contributed by atoms with E-state index in [9.17, 15) is 4.39 Å². The van der Waals surface area contributed by atoms with Crippen LogP contribution in [0.2, 0.25) is 0 Å². The van der Waals surface area contributed by atoms with E-state index in [0.29, 0.717) is 5.75 Å². The van der Waals surface area contributed by atoms with E-state index in [1.54, 1.807) is 12.1 Å². The lowest BCUT2D eigenvalue weighted by atomic mass is 9.74. The molecule has 0 aromatic heterocycles. The van der Waals surface area contributed by atoms with Gasteiger partial charge in [0.1, 0.15) is 17.7 Å². The molecule has 1 heterocycles. The summed E-state index contributed by atoms with van der Waals surface area (Å²) in [4.78, 5) is 0. The highest BCUT2D eigenvalue weighted by atomic mass is 19.1. The number of rotatable bonds is 2. The Hall–Kier alpha value is -1.29. The van der Waals surface area contributed by atoms with Crippen LogP contribution >= 0.6 is 0 Å². The molecule has 1 saturated heterocycles. The average Bonchev–Trinajstić information content (AvgIpc) is 2.32. The van der Waals surface area contributed by atoms with Crippen molar-refractivity contribution in [1.29, 1.82) is 0 Å². The van der Waals surface area contributed by atoms with Crippen LogP contribution in [-0.4, -0.2) is 18.3 Å². The van der Waals surface area contributed by atoms with Crippen LogP contribution in [0, 0.1) is 5.82 Å². The van der Waals surface area contributed by atoms with E-state index in [4.69, 9.17) is 15.2 Å². The van der Waals surface area contributed by atoms with Crippen LogP contribution in [-0.2, 0) is 4.74 Å². The molecule has 0 radical (unpaired) electrons. The summed E-state index contributed by atoms with van der Waals surface area (Å²) in [7, 11) is 0. The zero-order valence-corrected chi connectivity index (χ0v) is 10.3. The molecular formula is C14H18FNO2. The molecule has 1 aromatic carbocycles. The normalized spacial score (nSPS) is 25.7. The lowest BCUT2D eigenvalue weighted by molar-refractivity contribution is -0.153. The van der Waals surface area contributed by atoms with Crippen LogP contribution in [0.4, 0.5) is 10.1 Å². The Morgan fingerprint density at radius 1 is 1.39 bits per heavy atom. The summed E-state index contributed by atoms with van der Waals surface area (Å²) in [5, 5.41) is 0. The molecule has 1 aromatic rings. The third kappa shape index (κ3) is 2.17. The first-order valence-electron chi connectivity index (χ1n) is 6.53. The first-order chi connectivity index (χ1) is 8.67. The molecule has 3 nitrogen and oxygen atoms in total. The molecule has 4 heteroatoms. The van der Waals surface area contributed by atoms with Gasteiger partial charge in [0.2, 0.25) is 0 Å². The summed E-state index contributed by atoms with van der Waals surface area (Å²) < 4.78 is 25.0. The Morgan fingerprint density at radius 2 is 2.22 bits per heavy atom. The molecule has 98 valence electrons. The van der Waals surface area contributed by atoms with Crippen molar-refractivity contribution in [1.82, 2.24) is 0 Å². The molecule has 0 bridgehead atoms. The van der Waals surface area contributed by atoms with Crippen molar-refractivity contribution in [2.75, 3.05) is 12.3 Å². The zero-order valence-electron chi connectivity index (χ0n) is 10.3. The standard InChI is InChI=1S/C14H18FNO2/c15-12-8-10(2-3-13(12)16)18-11-4-7-17-14(9-11)5-1-6-14/h2-3,8,11H,1,4-7,9,16H2. The smallest absolute Gasteiger partial charge is 0.149 e. The molecule has 1 saturated carbocycles. The molecule has 1 spiro atoms. The average molecular weight is 251 g/mol. The molecule has 1 aliphatic carbocycles. The van der Waals surface area contributed by atoms with Crippen molar-refractivity contribution in [3.63, 3.8) is 0 Å². The number of anilines is 1. The molecule has 3 rings (SSSR count). The van der Waals surface area contributed by atoms with E-state index in [1.807, 2.05) is 0 Å². The Bertz CT molecular complexity index is 445. The van der Waals surface area contributed by atoms with Crippen molar-refractivity contribution in [2.45, 2.75) is 43.8 Å². The number of nitrogen functional groups attached to an aromatic ring is 1. The van der Waals surface area contributed by atoms with Gasteiger partial charge in [-0.25, -0.2) is 4.39 Å². The Labute approximate surface area is 106 Å². The third-order valence-electron chi connectivity index (χ3n) is 3.99. The number of nitrogens with two attached hydrogens (primary N) is 1. The predicted octanol–water partition coefficient (Wildman–Crippen LogP) is 2.89. The van der Waals surface area contributed by atoms with Crippen LogP contribution in [0.5, 0.6) is 5.75 Å². The topological polar surface area (TPSA) is 44.5 Å². The van der Waals surface area contributed by atoms with Crippen LogP contribution in [0.15, 0.2) is 18.2 Å². The molecule has 1 atom stereocenters. The Balaban J connectivity index is 1.66. The van der Waals surface area contributed by atoms with Crippen molar-refractivity contribution in [3.8, 4) is 5.75 Å². The molecular weight excluding hydrogens is 233 g/mol. The summed E-state index contributed by atoms with van der Waals surface area (Å²) in [6.45, 7) is 0.738. The van der Waals surface area contributed by atoms with Gasteiger partial charge in [0, 0.05) is 18.9 Å². The second-order valence-electron chi connectivity index (χ2n) is 5.30. The van der Waals surface area contributed by atoms with Gasteiger partial charge >= 0.3 is 0 Å². The van der Waals surface area contributed by atoms with Crippen molar-refractivity contribution in [2.24, 2.45) is 0 Å². The summed E-state index contributed by atoms with van der Waals surface area (Å²) in [5.41, 5.74) is 5.65. The monoisotopic (exact) mass is 251 g/mol. The maximum Gasteiger partial charge on any atom is 0.149 e. The van der Waals surface area contributed by atoms with E-state index in [0.717, 1.165) is 32.3 Å². The first kappa shape index (κ1) is 11.8. The molecule has 0 amide bonds. The largest absolute Gasteiger partial charge is 0.490 e. The van der Waals surface area contributed by atoms with E-state index in [2.05, 4.69) is 0 Å². The van der Waals surface area contributed by atoms with E-state index >= 15 is 0 Å². The summed E-state index contributed by atoms with van der Waals surface area (Å²) in [5.74, 6) is 0.140. The quantitative estimate of drug-likeness (QED) is 0.822. The van der Waals surface area contributed by atoms with E-state index in [-0.39, 0.29) is 17.4 Å². The van der Waals surface area contributed by atoms with Gasteiger partial charge in [-0.2, -0.15) is 0 Å². The second-order valence-corrected chi connectivity index (χ2v) is 5.30. The highest BCUT2D eigenvalue weighted by Crippen LogP contribution is 2.43. The minimum absolute atomic E-state index is 0.0509. The van der Waals surface area contributed by atoms with Gasteiger partial charge in [-0.15, -0.1) is 0 Å². The van der Waals surface area contributed by atoms with Crippen molar-refractivity contribution in [3.05, 3.63) is 24.0 Å². The van der Waals surface area contributed by atoms with Crippen LogP contribution in [0.3, 0.4) is 0 Å². The number of ether oxygens (including phenoxy) is 2. The molecule has 2 N–H and O–H groups in total. The minimum Gasteiger partial charge on any atom is -0.490 e. The molecule has 1 unspecified atom stereocenters. The number of halogens is 1. The van der Waals surface area contributed by atoms with Gasteiger partial charge in [0.25, 0.3) is 0 Å². The maximum atomic E-state index is 13.3. The van der Waals surface area contributed by atoms with Crippen molar-refractivity contribution >= 4 is 5.69 Å². The van der Waals surface area contributed by atoms with Crippen LogP contribution < -0.4 is 10.5 Å². The fourth-order valence-corrected chi connectivity index (χ4v) is 2.78. The van der Waals surface area contributed by atoms with Gasteiger partial charge in [-0.3, -0.25) is 0 Å². The molecule has 2 aliphatic rings. The zero-order chi connectivity index (χ0) is 12.6. The predicted molar refractivity (Wildman–Crippen MR) is 67.0 cm³/mol. The molecule has 18 heavy (non-hydrogen) atoms. The SMILES string of the molecule is Nc1ccc(OC2CCOC3(CCC3)C2)cc1F. The third-order valence-corrected chi connectivity index (χ3v) is 3.99. The second kappa shape index (κ2) is 4.43. The summed E-state index contributed by atoms with van der Waals surface area (Å²) in [6.07, 6.45) is 5.41. The number of hydrogen-bond donors (Lipinski definition) is 1.